The van der Waals surface area contributed by atoms with Gasteiger partial charge in [-0.1, -0.05) is 23.7 Å². The normalized spacial score (nSPS) is 12.7. The first kappa shape index (κ1) is 13.5. The van der Waals surface area contributed by atoms with E-state index in [1.165, 1.54) is 12.3 Å². The molecule has 1 aromatic heterocycles. The molecule has 1 atom stereocenters. The van der Waals surface area contributed by atoms with Crippen LogP contribution in [0.4, 0.5) is 4.39 Å². The highest BCUT2D eigenvalue weighted by molar-refractivity contribution is 9.10. The van der Waals surface area contributed by atoms with Gasteiger partial charge in [0.1, 0.15) is 5.82 Å². The van der Waals surface area contributed by atoms with Crippen LogP contribution in [0.5, 0.6) is 0 Å². The SMILES string of the molecule is NNC(Cc1cccc(Cl)c1F)c1ccoc1Br. The Balaban J connectivity index is 2.26. The van der Waals surface area contributed by atoms with E-state index in [0.717, 1.165) is 5.56 Å². The second-order valence-electron chi connectivity index (χ2n) is 3.79. The minimum Gasteiger partial charge on any atom is -0.457 e. The van der Waals surface area contributed by atoms with E-state index in [1.54, 1.807) is 18.2 Å². The number of nitrogens with two attached hydrogens (primary N) is 1. The van der Waals surface area contributed by atoms with Crippen molar-refractivity contribution in [3.63, 3.8) is 0 Å². The Labute approximate surface area is 117 Å². The molecule has 0 amide bonds. The quantitative estimate of drug-likeness (QED) is 0.664. The molecule has 1 heterocycles. The highest BCUT2D eigenvalue weighted by atomic mass is 79.9. The van der Waals surface area contributed by atoms with Crippen molar-refractivity contribution >= 4 is 27.5 Å². The predicted octanol–water partition coefficient (Wildman–Crippen LogP) is 3.58. The summed E-state index contributed by atoms with van der Waals surface area (Å²) in [5.74, 6) is 5.08. The summed E-state index contributed by atoms with van der Waals surface area (Å²) in [5, 5.41) is 0.106. The van der Waals surface area contributed by atoms with Gasteiger partial charge in [-0.05, 0) is 40.0 Å². The molecule has 0 aliphatic heterocycles. The minimum atomic E-state index is -0.418. The van der Waals surface area contributed by atoms with Gasteiger partial charge in [0.25, 0.3) is 0 Å². The largest absolute Gasteiger partial charge is 0.457 e. The van der Waals surface area contributed by atoms with Crippen molar-refractivity contribution < 1.29 is 8.81 Å². The molecule has 3 N–H and O–H groups in total. The summed E-state index contributed by atoms with van der Waals surface area (Å²) in [5.41, 5.74) is 3.97. The molecular formula is C12H11BrClFN2O. The zero-order valence-electron chi connectivity index (χ0n) is 9.29. The number of nitrogens with one attached hydrogen (secondary N) is 1. The van der Waals surface area contributed by atoms with E-state index in [1.807, 2.05) is 0 Å². The van der Waals surface area contributed by atoms with Gasteiger partial charge in [-0.2, -0.15) is 0 Å². The third-order valence-corrected chi connectivity index (χ3v) is 3.61. The van der Waals surface area contributed by atoms with Gasteiger partial charge in [0.15, 0.2) is 4.67 Å². The molecule has 0 radical (unpaired) electrons. The maximum atomic E-state index is 13.8. The molecule has 0 spiro atoms. The van der Waals surface area contributed by atoms with Crippen LogP contribution in [0.3, 0.4) is 0 Å². The van der Waals surface area contributed by atoms with Gasteiger partial charge in [0.05, 0.1) is 17.3 Å². The summed E-state index contributed by atoms with van der Waals surface area (Å²) in [6, 6.07) is 6.42. The van der Waals surface area contributed by atoms with Crippen molar-refractivity contribution in [2.45, 2.75) is 12.5 Å². The Morgan fingerprint density at radius 2 is 2.22 bits per heavy atom. The van der Waals surface area contributed by atoms with Crippen molar-refractivity contribution in [1.82, 2.24) is 5.43 Å². The first-order valence-corrected chi connectivity index (χ1v) is 6.42. The lowest BCUT2D eigenvalue weighted by Gasteiger charge is -2.15. The molecule has 2 rings (SSSR count). The molecule has 0 saturated carbocycles. The smallest absolute Gasteiger partial charge is 0.173 e. The lowest BCUT2D eigenvalue weighted by Crippen LogP contribution is -2.29. The fourth-order valence-electron chi connectivity index (χ4n) is 1.74. The monoisotopic (exact) mass is 332 g/mol. The zero-order chi connectivity index (χ0) is 13.1. The number of hydrogen-bond donors (Lipinski definition) is 2. The molecule has 0 fully saturated rings. The highest BCUT2D eigenvalue weighted by Gasteiger charge is 2.18. The third kappa shape index (κ3) is 2.75. The van der Waals surface area contributed by atoms with Crippen LogP contribution in [0.1, 0.15) is 17.2 Å². The van der Waals surface area contributed by atoms with E-state index in [9.17, 15) is 4.39 Å². The summed E-state index contributed by atoms with van der Waals surface area (Å²) < 4.78 is 19.5. The Bertz CT molecular complexity index is 547. The molecule has 3 nitrogen and oxygen atoms in total. The second-order valence-corrected chi connectivity index (χ2v) is 4.91. The number of benzene rings is 1. The van der Waals surface area contributed by atoms with E-state index < -0.39 is 5.82 Å². The van der Waals surface area contributed by atoms with Crippen LogP contribution in [0.15, 0.2) is 39.6 Å². The average Bonchev–Trinajstić information content (AvgIpc) is 2.77. The van der Waals surface area contributed by atoms with Crippen LogP contribution in [0, 0.1) is 5.82 Å². The van der Waals surface area contributed by atoms with Gasteiger partial charge < -0.3 is 4.42 Å². The molecule has 0 aliphatic rings. The van der Waals surface area contributed by atoms with Crippen LogP contribution in [0.2, 0.25) is 5.02 Å². The van der Waals surface area contributed by atoms with E-state index in [2.05, 4.69) is 21.4 Å². The Morgan fingerprint density at radius 1 is 1.44 bits per heavy atom. The van der Waals surface area contributed by atoms with Crippen LogP contribution in [-0.4, -0.2) is 0 Å². The topological polar surface area (TPSA) is 51.2 Å². The summed E-state index contributed by atoms with van der Waals surface area (Å²) in [4.78, 5) is 0. The Hall–Kier alpha value is -0.880. The van der Waals surface area contributed by atoms with Gasteiger partial charge in [-0.25, -0.2) is 4.39 Å². The van der Waals surface area contributed by atoms with Crippen molar-refractivity contribution in [2.75, 3.05) is 0 Å². The number of halogens is 3. The third-order valence-electron chi connectivity index (χ3n) is 2.68. The lowest BCUT2D eigenvalue weighted by atomic mass is 10.0. The molecule has 0 aliphatic carbocycles. The summed E-state index contributed by atoms with van der Waals surface area (Å²) >= 11 is 9.01. The molecule has 0 bridgehead atoms. The number of rotatable bonds is 4. The maximum absolute atomic E-state index is 13.8. The van der Waals surface area contributed by atoms with Crippen molar-refractivity contribution in [3.8, 4) is 0 Å². The fraction of sp³-hybridized carbons (Fsp3) is 0.167. The van der Waals surface area contributed by atoms with E-state index in [0.29, 0.717) is 16.7 Å². The average molecular weight is 334 g/mol. The molecule has 2 aromatic rings. The number of furan rings is 1. The van der Waals surface area contributed by atoms with Crippen molar-refractivity contribution in [2.24, 2.45) is 5.84 Å². The predicted molar refractivity (Wildman–Crippen MR) is 71.6 cm³/mol. The van der Waals surface area contributed by atoms with Crippen molar-refractivity contribution in [3.05, 3.63) is 57.2 Å². The zero-order valence-corrected chi connectivity index (χ0v) is 11.6. The Morgan fingerprint density at radius 3 is 2.83 bits per heavy atom. The van der Waals surface area contributed by atoms with Crippen LogP contribution < -0.4 is 11.3 Å². The molecule has 1 aromatic carbocycles. The first-order chi connectivity index (χ1) is 8.63. The van der Waals surface area contributed by atoms with Crippen LogP contribution in [-0.2, 0) is 6.42 Å². The molecule has 6 heteroatoms. The van der Waals surface area contributed by atoms with Crippen molar-refractivity contribution in [1.29, 1.82) is 0 Å². The molecular weight excluding hydrogens is 322 g/mol. The van der Waals surface area contributed by atoms with Gasteiger partial charge in [-0.15, -0.1) is 0 Å². The number of hydrazine groups is 1. The summed E-state index contributed by atoms with van der Waals surface area (Å²) in [6.45, 7) is 0. The Kier molecular flexibility index (Phi) is 4.40. The molecule has 0 saturated heterocycles. The van der Waals surface area contributed by atoms with Crippen LogP contribution in [0.25, 0.3) is 0 Å². The van der Waals surface area contributed by atoms with E-state index in [4.69, 9.17) is 21.9 Å². The van der Waals surface area contributed by atoms with Gasteiger partial charge in [-0.3, -0.25) is 11.3 Å². The lowest BCUT2D eigenvalue weighted by molar-refractivity contribution is 0.499. The number of hydrogen-bond acceptors (Lipinski definition) is 3. The van der Waals surface area contributed by atoms with Gasteiger partial charge >= 0.3 is 0 Å². The van der Waals surface area contributed by atoms with E-state index in [-0.39, 0.29) is 11.1 Å². The summed E-state index contributed by atoms with van der Waals surface area (Å²) in [6.07, 6.45) is 1.92. The minimum absolute atomic E-state index is 0.106. The van der Waals surface area contributed by atoms with Crippen LogP contribution >= 0.6 is 27.5 Å². The molecule has 18 heavy (non-hydrogen) atoms. The van der Waals surface area contributed by atoms with E-state index >= 15 is 0 Å². The summed E-state index contributed by atoms with van der Waals surface area (Å²) in [7, 11) is 0. The molecule has 96 valence electrons. The first-order valence-electron chi connectivity index (χ1n) is 5.25. The second kappa shape index (κ2) is 5.84. The van der Waals surface area contributed by atoms with Gasteiger partial charge in [0.2, 0.25) is 0 Å². The maximum Gasteiger partial charge on any atom is 0.173 e. The highest BCUT2D eigenvalue weighted by Crippen LogP contribution is 2.28. The van der Waals surface area contributed by atoms with Gasteiger partial charge in [0, 0.05) is 5.56 Å². The molecule has 1 unspecified atom stereocenters. The standard InChI is InChI=1S/C12H11BrClFN2O/c13-12-8(4-5-18-12)10(17-16)6-7-2-1-3-9(14)11(7)15/h1-5,10,17H,6,16H2. The fourth-order valence-corrected chi connectivity index (χ4v) is 2.45.